The van der Waals surface area contributed by atoms with Gasteiger partial charge < -0.3 is 20.7 Å². The van der Waals surface area contributed by atoms with Crippen LogP contribution >= 0.6 is 0 Å². The van der Waals surface area contributed by atoms with Crippen molar-refractivity contribution in [3.05, 3.63) is 36.2 Å². The number of nitriles is 1. The molecule has 2 heterocycles. The third-order valence-corrected chi connectivity index (χ3v) is 5.54. The molecule has 0 aromatic heterocycles. The van der Waals surface area contributed by atoms with Crippen molar-refractivity contribution in [2.45, 2.75) is 32.2 Å². The summed E-state index contributed by atoms with van der Waals surface area (Å²) >= 11 is 0. The van der Waals surface area contributed by atoms with Crippen molar-refractivity contribution in [2.24, 2.45) is 11.7 Å². The average Bonchev–Trinajstić information content (AvgIpc) is 2.68. The van der Waals surface area contributed by atoms with Crippen LogP contribution in [0.1, 0.15) is 26.7 Å². The molecule has 2 fully saturated rings. The lowest BCUT2D eigenvalue weighted by Crippen LogP contribution is -2.62. The highest BCUT2D eigenvalue weighted by atomic mass is 16.5. The zero-order valence-electron chi connectivity index (χ0n) is 16.9. The molecule has 150 valence electrons. The quantitative estimate of drug-likeness (QED) is 0.499. The van der Waals surface area contributed by atoms with Gasteiger partial charge in [-0.3, -0.25) is 4.90 Å². The minimum atomic E-state index is 0.0649. The molecule has 0 radical (unpaired) electrons. The average molecular weight is 374 g/mol. The highest BCUT2D eigenvalue weighted by molar-refractivity contribution is 5.41. The molecule has 0 unspecified atom stereocenters. The Morgan fingerprint density at radius 2 is 1.96 bits per heavy atom. The smallest absolute Gasteiger partial charge is 0.101 e. The lowest BCUT2D eigenvalue weighted by molar-refractivity contribution is -0.0462. The summed E-state index contributed by atoms with van der Waals surface area (Å²) in [4.78, 5) is 5.19. The molecule has 0 bridgehead atoms. The molecule has 2 rings (SSSR count). The van der Waals surface area contributed by atoms with Crippen LogP contribution in [-0.2, 0) is 4.74 Å². The Morgan fingerprint density at radius 3 is 2.52 bits per heavy atom. The van der Waals surface area contributed by atoms with Gasteiger partial charge in [-0.1, -0.05) is 20.4 Å². The van der Waals surface area contributed by atoms with Gasteiger partial charge in [-0.25, -0.2) is 0 Å². The van der Waals surface area contributed by atoms with Gasteiger partial charge in [-0.15, -0.1) is 0 Å². The third kappa shape index (κ3) is 6.10. The van der Waals surface area contributed by atoms with Crippen molar-refractivity contribution in [3.8, 4) is 6.07 Å². The fourth-order valence-electron chi connectivity index (χ4n) is 4.00. The van der Waals surface area contributed by atoms with E-state index in [9.17, 15) is 5.26 Å². The van der Waals surface area contributed by atoms with E-state index in [0.29, 0.717) is 17.2 Å². The maximum absolute atomic E-state index is 9.34. The van der Waals surface area contributed by atoms with E-state index in [2.05, 4.69) is 41.6 Å². The Morgan fingerprint density at radius 1 is 1.30 bits per heavy atom. The second kappa shape index (κ2) is 10.5. The van der Waals surface area contributed by atoms with Crippen LogP contribution in [0.4, 0.5) is 0 Å². The zero-order valence-corrected chi connectivity index (χ0v) is 16.9. The highest BCUT2D eigenvalue weighted by Gasteiger charge is 2.39. The summed E-state index contributed by atoms with van der Waals surface area (Å²) in [6.07, 6.45) is 6.78. The minimum absolute atomic E-state index is 0.0649. The van der Waals surface area contributed by atoms with E-state index < -0.39 is 0 Å². The number of allylic oxidation sites excluding steroid dienone is 3. The molecule has 3 N–H and O–H groups in total. The van der Waals surface area contributed by atoms with Crippen LogP contribution in [0.2, 0.25) is 0 Å². The van der Waals surface area contributed by atoms with Gasteiger partial charge in [-0.2, -0.15) is 5.26 Å². The predicted molar refractivity (Wildman–Crippen MR) is 110 cm³/mol. The lowest BCUT2D eigenvalue weighted by Gasteiger charge is -2.50. The summed E-state index contributed by atoms with van der Waals surface area (Å²) in [6.45, 7) is 16.5. The van der Waals surface area contributed by atoms with E-state index in [1.165, 1.54) is 12.7 Å². The maximum atomic E-state index is 9.34. The summed E-state index contributed by atoms with van der Waals surface area (Å²) in [6, 6.07) is 2.19. The number of rotatable bonds is 8. The van der Waals surface area contributed by atoms with Crippen LogP contribution in [0, 0.1) is 17.2 Å². The standard InChI is InChI=1S/C21H35N5O/c1-18(2)16-25-9-11-26(12-10-25)21(6-13-27-14-7-21)17-24-19(3)20(15-23)5-4-8-22/h4-5,8,18,24H,3,6-7,9-14,16-17,22H2,1-2H3/b8-4-,20-5-. The van der Waals surface area contributed by atoms with Crippen molar-refractivity contribution >= 4 is 0 Å². The second-order valence-corrected chi connectivity index (χ2v) is 7.93. The van der Waals surface area contributed by atoms with Crippen LogP contribution in [0.5, 0.6) is 0 Å². The van der Waals surface area contributed by atoms with Crippen LogP contribution in [-0.4, -0.2) is 67.8 Å². The Labute approximate surface area is 164 Å². The molecular formula is C21H35N5O. The Hall–Kier alpha value is -1.81. The minimum Gasteiger partial charge on any atom is -0.405 e. The molecule has 0 aromatic carbocycles. The van der Waals surface area contributed by atoms with Crippen molar-refractivity contribution in [3.63, 3.8) is 0 Å². The molecule has 0 saturated carbocycles. The summed E-state index contributed by atoms with van der Waals surface area (Å²) < 4.78 is 5.64. The fraction of sp³-hybridized carbons (Fsp3) is 0.667. The number of nitrogens with one attached hydrogen (secondary N) is 1. The first-order chi connectivity index (χ1) is 13.0. The molecule has 2 aliphatic heterocycles. The normalized spacial score (nSPS) is 22.1. The molecule has 0 spiro atoms. The van der Waals surface area contributed by atoms with E-state index in [0.717, 1.165) is 58.8 Å². The number of nitrogens with two attached hydrogens (primary N) is 1. The first kappa shape index (κ1) is 21.5. The van der Waals surface area contributed by atoms with Crippen molar-refractivity contribution in [1.29, 1.82) is 5.26 Å². The van der Waals surface area contributed by atoms with Gasteiger partial charge in [0.2, 0.25) is 0 Å². The number of ether oxygens (including phenoxy) is 1. The molecule has 0 aliphatic carbocycles. The first-order valence-electron chi connectivity index (χ1n) is 9.98. The van der Waals surface area contributed by atoms with E-state index in [4.69, 9.17) is 10.5 Å². The van der Waals surface area contributed by atoms with E-state index in [1.807, 2.05) is 0 Å². The van der Waals surface area contributed by atoms with Gasteiger partial charge in [0.05, 0.1) is 5.57 Å². The molecule has 2 saturated heterocycles. The van der Waals surface area contributed by atoms with Crippen molar-refractivity contribution in [2.75, 3.05) is 52.5 Å². The Bertz CT molecular complexity index is 576. The third-order valence-electron chi connectivity index (χ3n) is 5.54. The lowest BCUT2D eigenvalue weighted by atomic mass is 9.86. The summed E-state index contributed by atoms with van der Waals surface area (Å²) in [5.74, 6) is 0.706. The second-order valence-electron chi connectivity index (χ2n) is 7.93. The number of hydrogen-bond acceptors (Lipinski definition) is 6. The largest absolute Gasteiger partial charge is 0.405 e. The summed E-state index contributed by atoms with van der Waals surface area (Å²) in [7, 11) is 0. The van der Waals surface area contributed by atoms with Crippen molar-refractivity contribution in [1.82, 2.24) is 15.1 Å². The van der Waals surface area contributed by atoms with Gasteiger partial charge in [0, 0.05) is 63.7 Å². The van der Waals surface area contributed by atoms with Crippen LogP contribution in [0.15, 0.2) is 36.2 Å². The van der Waals surface area contributed by atoms with E-state index >= 15 is 0 Å². The Balaban J connectivity index is 2.00. The molecule has 6 nitrogen and oxygen atoms in total. The maximum Gasteiger partial charge on any atom is 0.101 e. The fourth-order valence-corrected chi connectivity index (χ4v) is 4.00. The SMILES string of the molecule is C=C(NCC1(N2CCN(CC(C)C)CC2)CCOCC1)/C(C#N)=C\C=C/N. The number of nitrogens with zero attached hydrogens (tertiary/aromatic N) is 3. The van der Waals surface area contributed by atoms with E-state index in [-0.39, 0.29) is 5.54 Å². The molecule has 27 heavy (non-hydrogen) atoms. The van der Waals surface area contributed by atoms with E-state index in [1.54, 1.807) is 12.2 Å². The van der Waals surface area contributed by atoms with Gasteiger partial charge >= 0.3 is 0 Å². The van der Waals surface area contributed by atoms with Gasteiger partial charge in [0.15, 0.2) is 0 Å². The molecule has 6 heteroatoms. The topological polar surface area (TPSA) is 77.5 Å². The van der Waals surface area contributed by atoms with Gasteiger partial charge in [0.1, 0.15) is 6.07 Å². The zero-order chi connectivity index (χ0) is 19.7. The monoisotopic (exact) mass is 373 g/mol. The van der Waals surface area contributed by atoms with Gasteiger partial charge in [0.25, 0.3) is 0 Å². The summed E-state index contributed by atoms with van der Waals surface area (Å²) in [5.41, 5.74) is 6.61. The molecule has 0 aromatic rings. The highest BCUT2D eigenvalue weighted by Crippen LogP contribution is 2.29. The first-order valence-corrected chi connectivity index (χ1v) is 9.98. The molecule has 2 aliphatic rings. The van der Waals surface area contributed by atoms with Gasteiger partial charge in [-0.05, 0) is 37.1 Å². The molecule has 0 amide bonds. The van der Waals surface area contributed by atoms with Crippen LogP contribution < -0.4 is 11.1 Å². The van der Waals surface area contributed by atoms with Crippen molar-refractivity contribution < 1.29 is 4.74 Å². The van der Waals surface area contributed by atoms with Crippen LogP contribution in [0.25, 0.3) is 0 Å². The summed E-state index contributed by atoms with van der Waals surface area (Å²) in [5, 5.41) is 12.8. The number of hydrogen-bond donors (Lipinski definition) is 2. The van der Waals surface area contributed by atoms with Crippen LogP contribution in [0.3, 0.4) is 0 Å². The predicted octanol–water partition coefficient (Wildman–Crippen LogP) is 1.83. The number of piperazine rings is 1. The molecular weight excluding hydrogens is 338 g/mol. The molecule has 0 atom stereocenters. The Kier molecular flexibility index (Phi) is 8.36.